The molecule has 300 valence electrons. The van der Waals surface area contributed by atoms with Crippen molar-refractivity contribution in [2.45, 2.75) is 44.4 Å². The summed E-state index contributed by atoms with van der Waals surface area (Å²) in [6.07, 6.45) is -2.02. The zero-order chi connectivity index (χ0) is 40.4. The zero-order valence-electron chi connectivity index (χ0n) is 30.1. The first-order valence-corrected chi connectivity index (χ1v) is 19.2. The number of aromatic nitrogens is 4. The lowest BCUT2D eigenvalue weighted by Gasteiger charge is -2.36. The van der Waals surface area contributed by atoms with E-state index in [1.807, 2.05) is 0 Å². The van der Waals surface area contributed by atoms with Gasteiger partial charge < -0.3 is 20.1 Å². The molecule has 2 fully saturated rings. The second kappa shape index (κ2) is 16.7. The van der Waals surface area contributed by atoms with Gasteiger partial charge in [0.1, 0.15) is 17.6 Å². The van der Waals surface area contributed by atoms with Crippen molar-refractivity contribution in [3.05, 3.63) is 87.3 Å². The number of ether oxygens (including phenoxy) is 2. The molecule has 0 aliphatic carbocycles. The number of anilines is 1. The standard InChI is InChI=1S/C35H37ClF4N8O7S/c1-3-28(47-19-30(54-2)26(18-32(47)49)25-16-21(36)4-7-29(25)48-20-31(43-44-48)35(38,39)40)34(51)42-23-5-6-24(27(37)17-23)33(50)41-22-8-10-45(11-9-22)56(52,53)46-12-14-55-15-13-46/h4-7,16-20,22,28H,3,8-15H2,1-2H3,(H,41,50)(H,42,51)/t28-/m0/s1. The predicted molar refractivity (Wildman–Crippen MR) is 195 cm³/mol. The first-order chi connectivity index (χ1) is 26.6. The number of halogens is 5. The first-order valence-electron chi connectivity index (χ1n) is 17.4. The molecule has 1 atom stereocenters. The van der Waals surface area contributed by atoms with Crippen molar-refractivity contribution in [2.75, 3.05) is 51.8 Å². The van der Waals surface area contributed by atoms with Crippen molar-refractivity contribution < 1.29 is 45.0 Å². The molecule has 2 N–H and O–H groups in total. The summed E-state index contributed by atoms with van der Waals surface area (Å²) in [6, 6.07) is 7.39. The van der Waals surface area contributed by atoms with Gasteiger partial charge >= 0.3 is 6.18 Å². The van der Waals surface area contributed by atoms with Gasteiger partial charge in [-0.1, -0.05) is 23.7 Å². The topological polar surface area (TPSA) is 170 Å². The summed E-state index contributed by atoms with van der Waals surface area (Å²) in [7, 11) is -2.35. The van der Waals surface area contributed by atoms with Crippen molar-refractivity contribution in [1.29, 1.82) is 0 Å². The Morgan fingerprint density at radius 2 is 1.71 bits per heavy atom. The lowest BCUT2D eigenvalue weighted by atomic mass is 10.0. The number of hydrogen-bond donors (Lipinski definition) is 2. The molecular weight excluding hydrogens is 788 g/mol. The van der Waals surface area contributed by atoms with Crippen LogP contribution >= 0.6 is 11.6 Å². The minimum absolute atomic E-state index is 0.00962. The highest BCUT2D eigenvalue weighted by Gasteiger charge is 2.36. The van der Waals surface area contributed by atoms with Gasteiger partial charge in [-0.3, -0.25) is 19.0 Å². The Kier molecular flexibility index (Phi) is 12.1. The Hall–Kier alpha value is -4.89. The summed E-state index contributed by atoms with van der Waals surface area (Å²) in [6.45, 7) is 3.21. The number of nitrogens with one attached hydrogen (secondary N) is 2. The Morgan fingerprint density at radius 1 is 1.02 bits per heavy atom. The third-order valence-electron chi connectivity index (χ3n) is 9.46. The fourth-order valence-electron chi connectivity index (χ4n) is 6.53. The summed E-state index contributed by atoms with van der Waals surface area (Å²) in [5.41, 5.74) is -1.74. The van der Waals surface area contributed by atoms with Crippen molar-refractivity contribution in [2.24, 2.45) is 0 Å². The van der Waals surface area contributed by atoms with Crippen LogP contribution in [0, 0.1) is 5.82 Å². The SMILES string of the molecule is CC[C@@H](C(=O)Nc1ccc(C(=O)NC2CCN(S(=O)(=O)N3CCOCC3)CC2)c(F)c1)n1cc(OC)c(-c2cc(Cl)ccc2-n2cc(C(F)(F)F)nn2)cc1=O. The maximum absolute atomic E-state index is 15.3. The number of methoxy groups -OCH3 is 1. The minimum atomic E-state index is -4.75. The summed E-state index contributed by atoms with van der Waals surface area (Å²) in [5.74, 6) is -2.24. The van der Waals surface area contributed by atoms with E-state index in [0.717, 1.165) is 21.4 Å². The normalized spacial score (nSPS) is 16.7. The minimum Gasteiger partial charge on any atom is -0.495 e. The van der Waals surface area contributed by atoms with Crippen LogP contribution in [-0.2, 0) is 25.9 Å². The zero-order valence-corrected chi connectivity index (χ0v) is 31.6. The van der Waals surface area contributed by atoms with E-state index >= 15 is 4.39 Å². The molecule has 0 bridgehead atoms. The van der Waals surface area contributed by atoms with Gasteiger partial charge in [0, 0.05) is 60.1 Å². The summed E-state index contributed by atoms with van der Waals surface area (Å²) < 4.78 is 96.6. The van der Waals surface area contributed by atoms with Crippen LogP contribution in [0.4, 0.5) is 23.2 Å². The van der Waals surface area contributed by atoms with Gasteiger partial charge in [0.2, 0.25) is 5.91 Å². The van der Waals surface area contributed by atoms with E-state index in [1.165, 1.54) is 52.2 Å². The molecule has 4 aromatic rings. The van der Waals surface area contributed by atoms with Crippen molar-refractivity contribution in [1.82, 2.24) is 33.5 Å². The molecule has 15 nitrogen and oxygen atoms in total. The van der Waals surface area contributed by atoms with Crippen LogP contribution in [0.15, 0.2) is 59.7 Å². The van der Waals surface area contributed by atoms with Crippen LogP contribution in [0.3, 0.4) is 0 Å². The number of alkyl halides is 3. The fraction of sp³-hybridized carbons (Fsp3) is 0.400. The summed E-state index contributed by atoms with van der Waals surface area (Å²) >= 11 is 6.24. The average Bonchev–Trinajstić information content (AvgIpc) is 3.67. The van der Waals surface area contributed by atoms with Crippen molar-refractivity contribution in [3.8, 4) is 22.6 Å². The second-order valence-corrected chi connectivity index (χ2v) is 15.3. The second-order valence-electron chi connectivity index (χ2n) is 13.0. The van der Waals surface area contributed by atoms with Gasteiger partial charge in [-0.25, -0.2) is 9.07 Å². The van der Waals surface area contributed by atoms with E-state index in [1.54, 1.807) is 6.92 Å². The summed E-state index contributed by atoms with van der Waals surface area (Å²) in [4.78, 5) is 40.1. The smallest absolute Gasteiger partial charge is 0.436 e. The highest BCUT2D eigenvalue weighted by atomic mass is 35.5. The molecule has 0 saturated carbocycles. The fourth-order valence-corrected chi connectivity index (χ4v) is 8.31. The van der Waals surface area contributed by atoms with E-state index in [9.17, 15) is 36.0 Å². The van der Waals surface area contributed by atoms with E-state index in [4.69, 9.17) is 21.1 Å². The quantitative estimate of drug-likeness (QED) is 0.210. The van der Waals surface area contributed by atoms with Crippen LogP contribution in [0.2, 0.25) is 5.02 Å². The molecule has 2 aromatic carbocycles. The van der Waals surface area contributed by atoms with Gasteiger partial charge in [-0.15, -0.1) is 5.10 Å². The Labute approximate surface area is 323 Å². The number of carbonyl (C=O) groups is 2. The van der Waals surface area contributed by atoms with Crippen molar-refractivity contribution in [3.63, 3.8) is 0 Å². The molecule has 0 unspecified atom stereocenters. The van der Waals surface area contributed by atoms with Gasteiger partial charge in [0.15, 0.2) is 5.69 Å². The molecule has 2 aliphatic heterocycles. The maximum Gasteiger partial charge on any atom is 0.436 e. The lowest BCUT2D eigenvalue weighted by Crippen LogP contribution is -2.53. The molecule has 4 heterocycles. The van der Waals surface area contributed by atoms with E-state index < -0.39 is 51.3 Å². The molecule has 56 heavy (non-hydrogen) atoms. The number of benzene rings is 2. The van der Waals surface area contributed by atoms with Crippen molar-refractivity contribution >= 4 is 39.3 Å². The van der Waals surface area contributed by atoms with Gasteiger partial charge in [0.05, 0.1) is 44.0 Å². The van der Waals surface area contributed by atoms with E-state index in [-0.39, 0.29) is 77.5 Å². The number of carbonyl (C=O) groups excluding carboxylic acids is 2. The van der Waals surface area contributed by atoms with Crippen LogP contribution < -0.4 is 20.9 Å². The van der Waals surface area contributed by atoms with Crippen LogP contribution in [0.1, 0.15) is 48.3 Å². The number of pyridine rings is 1. The van der Waals surface area contributed by atoms with Crippen LogP contribution in [-0.4, -0.2) is 101 Å². The van der Waals surface area contributed by atoms with E-state index in [2.05, 4.69) is 20.9 Å². The molecule has 0 spiro atoms. The predicted octanol–water partition coefficient (Wildman–Crippen LogP) is 4.28. The van der Waals surface area contributed by atoms with Gasteiger partial charge in [-0.2, -0.15) is 30.2 Å². The number of rotatable bonds is 11. The largest absolute Gasteiger partial charge is 0.495 e. The molecule has 21 heteroatoms. The number of piperidine rings is 1. The lowest BCUT2D eigenvalue weighted by molar-refractivity contribution is -0.141. The molecule has 2 amide bonds. The van der Waals surface area contributed by atoms with Crippen LogP contribution in [0.5, 0.6) is 5.75 Å². The highest BCUT2D eigenvalue weighted by molar-refractivity contribution is 7.86. The molecule has 2 aliphatic rings. The Bertz CT molecular complexity index is 2270. The number of nitrogens with zero attached hydrogens (tertiary/aromatic N) is 6. The molecular formula is C35H37ClF4N8O7S. The Morgan fingerprint density at radius 3 is 2.34 bits per heavy atom. The number of hydrogen-bond acceptors (Lipinski definition) is 9. The first kappa shape index (κ1) is 40.8. The summed E-state index contributed by atoms with van der Waals surface area (Å²) in [5, 5.41) is 12.3. The number of amides is 2. The van der Waals surface area contributed by atoms with Crippen LogP contribution in [0.25, 0.3) is 16.8 Å². The molecule has 0 radical (unpaired) electrons. The van der Waals surface area contributed by atoms with Gasteiger partial charge in [0.25, 0.3) is 21.7 Å². The maximum atomic E-state index is 15.3. The van der Waals surface area contributed by atoms with Gasteiger partial charge in [-0.05, 0) is 55.7 Å². The molecule has 2 saturated heterocycles. The molecule has 6 rings (SSSR count). The van der Waals surface area contributed by atoms with E-state index in [0.29, 0.717) is 32.3 Å². The average molecular weight is 825 g/mol. The highest BCUT2D eigenvalue weighted by Crippen LogP contribution is 2.36. The third-order valence-corrected chi connectivity index (χ3v) is 11.7. The Balaban J connectivity index is 1.14. The number of morpholine rings is 1. The monoisotopic (exact) mass is 824 g/mol. The molecule has 2 aromatic heterocycles. The third kappa shape index (κ3) is 8.73.